The molecule has 0 unspecified atom stereocenters. The van der Waals surface area contributed by atoms with Gasteiger partial charge in [-0.1, -0.05) is 24.3 Å². The summed E-state index contributed by atoms with van der Waals surface area (Å²) < 4.78 is 7.35. The molecule has 0 radical (unpaired) electrons. The fourth-order valence-electron chi connectivity index (χ4n) is 3.20. The highest BCUT2D eigenvalue weighted by Gasteiger charge is 2.18. The van der Waals surface area contributed by atoms with Crippen molar-refractivity contribution in [2.75, 3.05) is 13.2 Å². The van der Waals surface area contributed by atoms with Crippen molar-refractivity contribution in [3.8, 4) is 5.82 Å². The predicted octanol–water partition coefficient (Wildman–Crippen LogP) is 3.62. The number of aryl methyl sites for hydroxylation is 1. The summed E-state index contributed by atoms with van der Waals surface area (Å²) in [5.41, 5.74) is 2.48. The summed E-state index contributed by atoms with van der Waals surface area (Å²) in [7, 11) is 0. The van der Waals surface area contributed by atoms with Gasteiger partial charge in [-0.2, -0.15) is 5.10 Å². The average Bonchev–Trinajstić information content (AvgIpc) is 3.06. The maximum Gasteiger partial charge on any atom is 0.161 e. The molecule has 0 spiro atoms. The lowest BCUT2D eigenvalue weighted by molar-refractivity contribution is 0.0853. The van der Waals surface area contributed by atoms with Crippen molar-refractivity contribution in [2.45, 2.75) is 25.7 Å². The number of hydrogen-bond acceptors (Lipinski definition) is 3. The van der Waals surface area contributed by atoms with Crippen LogP contribution in [0.25, 0.3) is 16.6 Å². The number of nitrogens with zero attached hydrogens (tertiary/aromatic N) is 3. The fraction of sp³-hybridized carbons (Fsp3) is 0.333. The molecule has 0 atom stereocenters. The number of ether oxygens (including phenoxy) is 1. The lowest BCUT2D eigenvalue weighted by Gasteiger charge is -2.20. The second kappa shape index (κ2) is 5.54. The zero-order valence-electron chi connectivity index (χ0n) is 12.7. The number of fused-ring (bicyclic) bond motifs is 1. The Balaban J connectivity index is 1.76. The van der Waals surface area contributed by atoms with E-state index in [0.717, 1.165) is 37.3 Å². The highest BCUT2D eigenvalue weighted by molar-refractivity contribution is 5.90. The molecule has 0 amide bonds. The van der Waals surface area contributed by atoms with Gasteiger partial charge in [0.1, 0.15) is 0 Å². The van der Waals surface area contributed by atoms with Gasteiger partial charge in [-0.05, 0) is 42.2 Å². The molecule has 1 aliphatic heterocycles. The minimum atomic E-state index is 0.555. The normalized spacial score (nSPS) is 16.2. The second-order valence-corrected chi connectivity index (χ2v) is 5.92. The molecule has 0 saturated carbocycles. The SMILES string of the molecule is Cc1cnc(-n2cc(C3CCOCC3)cn2)c2ccccc12. The van der Waals surface area contributed by atoms with Crippen LogP contribution < -0.4 is 0 Å². The summed E-state index contributed by atoms with van der Waals surface area (Å²) in [5, 5.41) is 6.93. The lowest BCUT2D eigenvalue weighted by atomic mass is 9.94. The van der Waals surface area contributed by atoms with E-state index in [2.05, 4.69) is 47.5 Å². The minimum Gasteiger partial charge on any atom is -0.381 e. The third kappa shape index (κ3) is 2.29. The summed E-state index contributed by atoms with van der Waals surface area (Å²) in [6, 6.07) is 8.37. The van der Waals surface area contributed by atoms with Gasteiger partial charge in [0.05, 0.1) is 6.20 Å². The molecule has 3 heterocycles. The highest BCUT2D eigenvalue weighted by Crippen LogP contribution is 2.28. The Kier molecular flexibility index (Phi) is 3.39. The highest BCUT2D eigenvalue weighted by atomic mass is 16.5. The lowest BCUT2D eigenvalue weighted by Crippen LogP contribution is -2.13. The quantitative estimate of drug-likeness (QED) is 0.724. The minimum absolute atomic E-state index is 0.555. The molecule has 1 aromatic carbocycles. The van der Waals surface area contributed by atoms with Crippen molar-refractivity contribution in [2.24, 2.45) is 0 Å². The fourth-order valence-corrected chi connectivity index (χ4v) is 3.20. The monoisotopic (exact) mass is 293 g/mol. The van der Waals surface area contributed by atoms with Crippen molar-refractivity contribution >= 4 is 10.8 Å². The summed E-state index contributed by atoms with van der Waals surface area (Å²) >= 11 is 0. The smallest absolute Gasteiger partial charge is 0.161 e. The molecule has 2 aromatic heterocycles. The first kappa shape index (κ1) is 13.5. The van der Waals surface area contributed by atoms with E-state index in [1.165, 1.54) is 16.5 Å². The van der Waals surface area contributed by atoms with Gasteiger partial charge in [-0.3, -0.25) is 0 Å². The molecule has 3 aromatic rings. The summed E-state index contributed by atoms with van der Waals surface area (Å²) in [6.07, 6.45) is 8.18. The van der Waals surface area contributed by atoms with E-state index in [9.17, 15) is 0 Å². The van der Waals surface area contributed by atoms with Crippen LogP contribution >= 0.6 is 0 Å². The maximum absolute atomic E-state index is 5.44. The Morgan fingerprint density at radius 3 is 2.68 bits per heavy atom. The molecule has 112 valence electrons. The third-order valence-electron chi connectivity index (χ3n) is 4.49. The predicted molar refractivity (Wildman–Crippen MR) is 86.4 cm³/mol. The average molecular weight is 293 g/mol. The summed E-state index contributed by atoms with van der Waals surface area (Å²) in [5.74, 6) is 1.46. The van der Waals surface area contributed by atoms with Crippen LogP contribution in [-0.4, -0.2) is 28.0 Å². The number of rotatable bonds is 2. The maximum atomic E-state index is 5.44. The van der Waals surface area contributed by atoms with E-state index in [0.29, 0.717) is 5.92 Å². The summed E-state index contributed by atoms with van der Waals surface area (Å²) in [4.78, 5) is 4.61. The zero-order valence-corrected chi connectivity index (χ0v) is 12.7. The van der Waals surface area contributed by atoms with Gasteiger partial charge in [-0.15, -0.1) is 0 Å². The van der Waals surface area contributed by atoms with E-state index in [4.69, 9.17) is 4.74 Å². The van der Waals surface area contributed by atoms with Gasteiger partial charge in [0.2, 0.25) is 0 Å². The molecule has 0 bridgehead atoms. The number of aromatic nitrogens is 3. The molecular weight excluding hydrogens is 274 g/mol. The van der Waals surface area contributed by atoms with Crippen LogP contribution in [0.1, 0.15) is 29.9 Å². The van der Waals surface area contributed by atoms with E-state index in [1.54, 1.807) is 0 Å². The molecule has 22 heavy (non-hydrogen) atoms. The largest absolute Gasteiger partial charge is 0.381 e. The van der Waals surface area contributed by atoms with Gasteiger partial charge in [0.15, 0.2) is 5.82 Å². The van der Waals surface area contributed by atoms with Gasteiger partial charge in [0.25, 0.3) is 0 Å². The van der Waals surface area contributed by atoms with Gasteiger partial charge in [0, 0.05) is 31.0 Å². The van der Waals surface area contributed by atoms with Gasteiger partial charge in [-0.25, -0.2) is 9.67 Å². The third-order valence-corrected chi connectivity index (χ3v) is 4.49. The van der Waals surface area contributed by atoms with Crippen LogP contribution in [-0.2, 0) is 4.74 Å². The Morgan fingerprint density at radius 2 is 1.86 bits per heavy atom. The molecule has 1 fully saturated rings. The van der Waals surface area contributed by atoms with Crippen LogP contribution in [0.3, 0.4) is 0 Å². The molecule has 4 heteroatoms. The van der Waals surface area contributed by atoms with Gasteiger partial charge >= 0.3 is 0 Å². The molecule has 1 saturated heterocycles. The van der Waals surface area contributed by atoms with Crippen LogP contribution in [0.15, 0.2) is 42.9 Å². The van der Waals surface area contributed by atoms with E-state index >= 15 is 0 Å². The Labute approximate surface area is 129 Å². The Morgan fingerprint density at radius 1 is 1.09 bits per heavy atom. The van der Waals surface area contributed by atoms with Crippen molar-refractivity contribution in [3.05, 3.63) is 54.0 Å². The van der Waals surface area contributed by atoms with Crippen molar-refractivity contribution in [3.63, 3.8) is 0 Å². The van der Waals surface area contributed by atoms with E-state index < -0.39 is 0 Å². The van der Waals surface area contributed by atoms with Gasteiger partial charge < -0.3 is 4.74 Å². The first-order valence-corrected chi connectivity index (χ1v) is 7.80. The number of hydrogen-bond donors (Lipinski definition) is 0. The number of benzene rings is 1. The van der Waals surface area contributed by atoms with Crippen LogP contribution in [0.5, 0.6) is 0 Å². The zero-order chi connectivity index (χ0) is 14.9. The molecule has 4 rings (SSSR count). The first-order valence-electron chi connectivity index (χ1n) is 7.80. The van der Waals surface area contributed by atoms with Crippen LogP contribution in [0, 0.1) is 6.92 Å². The number of pyridine rings is 1. The molecular formula is C18H19N3O. The Bertz CT molecular complexity index is 803. The van der Waals surface area contributed by atoms with Crippen LogP contribution in [0.2, 0.25) is 0 Å². The summed E-state index contributed by atoms with van der Waals surface area (Å²) in [6.45, 7) is 3.79. The first-order chi connectivity index (χ1) is 10.8. The van der Waals surface area contributed by atoms with Crippen molar-refractivity contribution < 1.29 is 4.74 Å². The standard InChI is InChI=1S/C18H19N3O/c1-13-10-19-18(17-5-3-2-4-16(13)17)21-12-15(11-20-21)14-6-8-22-9-7-14/h2-5,10-12,14H,6-9H2,1H3. The van der Waals surface area contributed by atoms with Crippen molar-refractivity contribution in [1.82, 2.24) is 14.8 Å². The molecule has 0 N–H and O–H groups in total. The Hall–Kier alpha value is -2.20. The van der Waals surface area contributed by atoms with Crippen LogP contribution in [0.4, 0.5) is 0 Å². The second-order valence-electron chi connectivity index (χ2n) is 5.92. The van der Waals surface area contributed by atoms with Crippen molar-refractivity contribution in [1.29, 1.82) is 0 Å². The molecule has 4 nitrogen and oxygen atoms in total. The molecule has 1 aliphatic rings. The topological polar surface area (TPSA) is 39.9 Å². The van der Waals surface area contributed by atoms with E-state index in [1.807, 2.05) is 17.1 Å². The molecule has 0 aliphatic carbocycles. The van der Waals surface area contributed by atoms with E-state index in [-0.39, 0.29) is 0 Å².